The molecule has 100 valence electrons. The van der Waals surface area contributed by atoms with Crippen LogP contribution in [0.1, 0.15) is 18.6 Å². The summed E-state index contributed by atoms with van der Waals surface area (Å²) >= 11 is 3.40. The van der Waals surface area contributed by atoms with E-state index in [9.17, 15) is 0 Å². The second-order valence-corrected chi connectivity index (χ2v) is 5.08. The number of nitrogens with zero attached hydrogens (tertiary/aromatic N) is 1. The number of likely N-dealkylation sites (N-methyl/N-ethyl adjacent to an activating group) is 1. The van der Waals surface area contributed by atoms with Crippen molar-refractivity contribution in [3.63, 3.8) is 0 Å². The maximum absolute atomic E-state index is 6.03. The molecule has 0 radical (unpaired) electrons. The van der Waals surface area contributed by atoms with Crippen LogP contribution in [-0.2, 0) is 0 Å². The van der Waals surface area contributed by atoms with Crippen molar-refractivity contribution in [2.24, 2.45) is 0 Å². The summed E-state index contributed by atoms with van der Waals surface area (Å²) in [6.07, 6.45) is 3.46. The third-order valence-electron chi connectivity index (χ3n) is 2.71. The maximum atomic E-state index is 6.03. The first-order chi connectivity index (χ1) is 9.29. The van der Waals surface area contributed by atoms with Gasteiger partial charge in [-0.3, -0.25) is 4.98 Å². The number of ether oxygens (including phenoxy) is 1. The Labute approximate surface area is 122 Å². The Morgan fingerprint density at radius 3 is 2.74 bits per heavy atom. The van der Waals surface area contributed by atoms with Crippen LogP contribution in [-0.4, -0.2) is 18.1 Å². The van der Waals surface area contributed by atoms with E-state index in [1.54, 1.807) is 12.4 Å². The molecule has 0 aliphatic heterocycles. The van der Waals surface area contributed by atoms with Crippen LogP contribution in [0.2, 0.25) is 0 Å². The number of hydrogen-bond donors (Lipinski definition) is 1. The smallest absolute Gasteiger partial charge is 0.139 e. The fraction of sp³-hybridized carbons (Fsp3) is 0.267. The first-order valence-corrected chi connectivity index (χ1v) is 7.11. The van der Waals surface area contributed by atoms with E-state index in [0.29, 0.717) is 0 Å². The summed E-state index contributed by atoms with van der Waals surface area (Å²) in [5, 5.41) is 3.32. The van der Waals surface area contributed by atoms with Crippen LogP contribution < -0.4 is 10.1 Å². The lowest BCUT2D eigenvalue weighted by Gasteiger charge is -2.19. The maximum Gasteiger partial charge on any atom is 0.139 e. The molecule has 4 heteroatoms. The van der Waals surface area contributed by atoms with Crippen molar-refractivity contribution in [3.05, 3.63) is 58.8 Å². The molecule has 1 aromatic carbocycles. The van der Waals surface area contributed by atoms with Crippen LogP contribution >= 0.6 is 15.9 Å². The van der Waals surface area contributed by atoms with Crippen LogP contribution in [0.4, 0.5) is 0 Å². The fourth-order valence-electron chi connectivity index (χ4n) is 1.79. The van der Waals surface area contributed by atoms with Gasteiger partial charge in [0.15, 0.2) is 0 Å². The van der Waals surface area contributed by atoms with Gasteiger partial charge in [-0.1, -0.05) is 37.3 Å². The van der Waals surface area contributed by atoms with Crippen molar-refractivity contribution in [2.45, 2.75) is 13.0 Å². The third-order valence-corrected chi connectivity index (χ3v) is 3.14. The normalized spacial score (nSPS) is 12.1. The Kier molecular flexibility index (Phi) is 5.36. The Morgan fingerprint density at radius 2 is 2.05 bits per heavy atom. The number of pyridine rings is 1. The van der Waals surface area contributed by atoms with Gasteiger partial charge in [0.2, 0.25) is 0 Å². The predicted octanol–water partition coefficient (Wildman–Crippen LogP) is 3.57. The minimum Gasteiger partial charge on any atom is -0.483 e. The molecule has 0 aliphatic carbocycles. The summed E-state index contributed by atoms with van der Waals surface area (Å²) in [5.74, 6) is 0.765. The molecular weight excluding hydrogens is 304 g/mol. The second-order valence-electron chi connectivity index (χ2n) is 4.16. The number of benzene rings is 1. The highest BCUT2D eigenvalue weighted by Gasteiger charge is 2.12. The zero-order valence-electron chi connectivity index (χ0n) is 10.8. The van der Waals surface area contributed by atoms with Crippen LogP contribution in [0.25, 0.3) is 0 Å². The fourth-order valence-corrected chi connectivity index (χ4v) is 2.14. The quantitative estimate of drug-likeness (QED) is 0.883. The Morgan fingerprint density at radius 1 is 1.26 bits per heavy atom. The number of aromatic nitrogens is 1. The van der Waals surface area contributed by atoms with Crippen LogP contribution in [0.5, 0.6) is 5.75 Å². The monoisotopic (exact) mass is 320 g/mol. The number of rotatable bonds is 6. The molecule has 0 amide bonds. The van der Waals surface area contributed by atoms with E-state index >= 15 is 0 Å². The van der Waals surface area contributed by atoms with Gasteiger partial charge in [0.25, 0.3) is 0 Å². The van der Waals surface area contributed by atoms with Crippen LogP contribution in [0.15, 0.2) is 53.3 Å². The number of nitrogens with one attached hydrogen (secondary N) is 1. The lowest BCUT2D eigenvalue weighted by molar-refractivity contribution is 0.201. The van der Waals surface area contributed by atoms with Crippen molar-refractivity contribution in [1.82, 2.24) is 10.3 Å². The van der Waals surface area contributed by atoms with E-state index in [-0.39, 0.29) is 6.10 Å². The van der Waals surface area contributed by atoms with Crippen LogP contribution in [0, 0.1) is 0 Å². The lowest BCUT2D eigenvalue weighted by atomic mass is 10.1. The largest absolute Gasteiger partial charge is 0.483 e. The van der Waals surface area contributed by atoms with Gasteiger partial charge in [0, 0.05) is 17.2 Å². The van der Waals surface area contributed by atoms with E-state index in [4.69, 9.17) is 4.74 Å². The molecule has 0 bridgehead atoms. The summed E-state index contributed by atoms with van der Waals surface area (Å²) < 4.78 is 6.95. The summed E-state index contributed by atoms with van der Waals surface area (Å²) in [7, 11) is 0. The zero-order chi connectivity index (χ0) is 13.5. The Hall–Kier alpha value is -1.39. The van der Waals surface area contributed by atoms with E-state index in [1.165, 1.54) is 0 Å². The number of hydrogen-bond acceptors (Lipinski definition) is 3. The van der Waals surface area contributed by atoms with Gasteiger partial charge in [-0.15, -0.1) is 0 Å². The standard InChI is InChI=1S/C15H17BrN2O/c1-2-17-11-15(12-6-4-3-5-7-12)19-14-8-13(16)9-18-10-14/h3-10,15,17H,2,11H2,1H3. The average Bonchev–Trinajstić information content (AvgIpc) is 2.44. The van der Waals surface area contributed by atoms with E-state index in [1.807, 2.05) is 24.3 Å². The molecule has 0 saturated heterocycles. The summed E-state index contributed by atoms with van der Waals surface area (Å²) in [5.41, 5.74) is 1.16. The molecule has 2 rings (SSSR count). The minimum atomic E-state index is -0.0164. The molecule has 3 nitrogen and oxygen atoms in total. The van der Waals surface area contributed by atoms with Gasteiger partial charge >= 0.3 is 0 Å². The molecule has 2 aromatic rings. The molecular formula is C15H17BrN2O. The molecule has 1 unspecified atom stereocenters. The average molecular weight is 321 g/mol. The van der Waals surface area contributed by atoms with Crippen molar-refractivity contribution in [2.75, 3.05) is 13.1 Å². The molecule has 0 saturated carbocycles. The van der Waals surface area contributed by atoms with Gasteiger partial charge in [-0.05, 0) is 34.1 Å². The highest BCUT2D eigenvalue weighted by Crippen LogP contribution is 2.23. The molecule has 0 spiro atoms. The van der Waals surface area contributed by atoms with Crippen molar-refractivity contribution >= 4 is 15.9 Å². The van der Waals surface area contributed by atoms with Gasteiger partial charge in [0.05, 0.1) is 6.20 Å². The van der Waals surface area contributed by atoms with E-state index < -0.39 is 0 Å². The molecule has 1 atom stereocenters. The van der Waals surface area contributed by atoms with E-state index in [0.717, 1.165) is 28.9 Å². The van der Waals surface area contributed by atoms with Crippen molar-refractivity contribution in [1.29, 1.82) is 0 Å². The van der Waals surface area contributed by atoms with Gasteiger partial charge in [-0.25, -0.2) is 0 Å². The van der Waals surface area contributed by atoms with Gasteiger partial charge < -0.3 is 10.1 Å². The summed E-state index contributed by atoms with van der Waals surface area (Å²) in [4.78, 5) is 4.12. The molecule has 0 fully saturated rings. The predicted molar refractivity (Wildman–Crippen MR) is 80.3 cm³/mol. The number of halogens is 1. The minimum absolute atomic E-state index is 0.0164. The highest BCUT2D eigenvalue weighted by atomic mass is 79.9. The SMILES string of the molecule is CCNCC(Oc1cncc(Br)c1)c1ccccc1. The Bertz CT molecular complexity index is 505. The molecule has 19 heavy (non-hydrogen) atoms. The Balaban J connectivity index is 2.14. The topological polar surface area (TPSA) is 34.1 Å². The molecule has 0 aliphatic rings. The molecule has 1 heterocycles. The highest BCUT2D eigenvalue weighted by molar-refractivity contribution is 9.10. The summed E-state index contributed by atoms with van der Waals surface area (Å²) in [6.45, 7) is 3.78. The second kappa shape index (κ2) is 7.26. The van der Waals surface area contributed by atoms with Crippen molar-refractivity contribution < 1.29 is 4.74 Å². The molecule has 1 aromatic heterocycles. The zero-order valence-corrected chi connectivity index (χ0v) is 12.4. The first-order valence-electron chi connectivity index (χ1n) is 6.32. The van der Waals surface area contributed by atoms with Crippen molar-refractivity contribution in [3.8, 4) is 5.75 Å². The lowest BCUT2D eigenvalue weighted by Crippen LogP contribution is -2.24. The van der Waals surface area contributed by atoms with Crippen LogP contribution in [0.3, 0.4) is 0 Å². The first kappa shape index (κ1) is 14.0. The van der Waals surface area contributed by atoms with Gasteiger partial charge in [0.1, 0.15) is 11.9 Å². The third kappa shape index (κ3) is 4.33. The van der Waals surface area contributed by atoms with E-state index in [2.05, 4.69) is 45.3 Å². The molecule has 1 N–H and O–H groups in total. The summed E-state index contributed by atoms with van der Waals surface area (Å²) in [6, 6.07) is 12.1. The van der Waals surface area contributed by atoms with Gasteiger partial charge in [-0.2, -0.15) is 0 Å².